The predicted molar refractivity (Wildman–Crippen MR) is 143 cm³/mol. The maximum Gasteiger partial charge on any atom is 0.244 e. The SMILES string of the molecule is Cc1cc2c(cnn2-c2ccc(F)cc2)cc1[C@@]12CN(S(=O)(=O)c3cncc(F)c3)C[C@@H]1[C@H]2c1ccccc1. The third-order valence-electron chi connectivity index (χ3n) is 8.31. The highest BCUT2D eigenvalue weighted by atomic mass is 32.2. The molecule has 5 aromatic rings. The van der Waals surface area contributed by atoms with Gasteiger partial charge in [-0.2, -0.15) is 9.40 Å². The lowest BCUT2D eigenvalue weighted by molar-refractivity contribution is 0.420. The second-order valence-corrected chi connectivity index (χ2v) is 12.4. The van der Waals surface area contributed by atoms with Crippen molar-refractivity contribution >= 4 is 20.9 Å². The average Bonchev–Trinajstić information content (AvgIpc) is 3.19. The number of halogens is 2. The Labute approximate surface area is 224 Å². The quantitative estimate of drug-likeness (QED) is 0.300. The van der Waals surface area contributed by atoms with Crippen LogP contribution in [0.1, 0.15) is 22.6 Å². The normalized spacial score (nSPS) is 22.7. The summed E-state index contributed by atoms with van der Waals surface area (Å²) in [4.78, 5) is 3.62. The van der Waals surface area contributed by atoms with Gasteiger partial charge in [0, 0.05) is 36.0 Å². The number of pyridine rings is 1. The molecule has 2 aromatic heterocycles. The van der Waals surface area contributed by atoms with Gasteiger partial charge in [-0.15, -0.1) is 0 Å². The zero-order valence-corrected chi connectivity index (χ0v) is 21.8. The van der Waals surface area contributed by atoms with E-state index in [9.17, 15) is 17.2 Å². The van der Waals surface area contributed by atoms with E-state index in [-0.39, 0.29) is 29.1 Å². The minimum Gasteiger partial charge on any atom is -0.260 e. The van der Waals surface area contributed by atoms with Crippen molar-refractivity contribution in [2.75, 3.05) is 13.1 Å². The Hall–Kier alpha value is -3.95. The first-order valence-electron chi connectivity index (χ1n) is 12.7. The van der Waals surface area contributed by atoms with Gasteiger partial charge in [0.15, 0.2) is 0 Å². The van der Waals surface area contributed by atoms with Gasteiger partial charge in [0.25, 0.3) is 0 Å². The lowest BCUT2D eigenvalue weighted by atomic mass is 9.87. The fraction of sp³-hybridized carbons (Fsp3) is 0.200. The Bertz CT molecular complexity index is 1840. The Balaban J connectivity index is 1.33. The molecule has 3 aromatic carbocycles. The number of fused-ring (bicyclic) bond motifs is 2. The van der Waals surface area contributed by atoms with Crippen LogP contribution in [0.2, 0.25) is 0 Å². The Morgan fingerprint density at radius 3 is 2.44 bits per heavy atom. The maximum atomic E-state index is 13.9. The number of piperidine rings is 1. The molecule has 39 heavy (non-hydrogen) atoms. The first kappa shape index (κ1) is 24.1. The van der Waals surface area contributed by atoms with E-state index in [4.69, 9.17) is 0 Å². The molecule has 1 saturated heterocycles. The van der Waals surface area contributed by atoms with Crippen LogP contribution in [0.25, 0.3) is 16.6 Å². The maximum absolute atomic E-state index is 13.9. The summed E-state index contributed by atoms with van der Waals surface area (Å²) in [6, 6.07) is 21.6. The van der Waals surface area contributed by atoms with Crippen molar-refractivity contribution in [2.45, 2.75) is 23.2 Å². The van der Waals surface area contributed by atoms with Crippen molar-refractivity contribution in [3.8, 4) is 5.69 Å². The number of nitrogens with zero attached hydrogens (tertiary/aromatic N) is 4. The number of hydrogen-bond acceptors (Lipinski definition) is 4. The highest BCUT2D eigenvalue weighted by Crippen LogP contribution is 2.70. The molecule has 9 heteroatoms. The standard InChI is InChI=1S/C30H24F2N4O2S/c1-19-11-28-21(14-34-36(28)24-9-7-22(31)8-10-24)12-26(19)30-18-35(39(37,38)25-13-23(32)15-33-16-25)17-27(30)29(30)20-5-3-2-4-6-20/h2-16,27,29H,17-18H2,1H3/t27-,29-,30+/m1/s1. The summed E-state index contributed by atoms with van der Waals surface area (Å²) in [5.74, 6) is -0.774. The van der Waals surface area contributed by atoms with Crippen LogP contribution in [0.3, 0.4) is 0 Å². The van der Waals surface area contributed by atoms with E-state index in [1.54, 1.807) is 23.0 Å². The van der Waals surface area contributed by atoms with Gasteiger partial charge in [-0.1, -0.05) is 30.3 Å². The molecule has 0 radical (unpaired) electrons. The van der Waals surface area contributed by atoms with Crippen molar-refractivity contribution in [1.82, 2.24) is 19.1 Å². The van der Waals surface area contributed by atoms with Crippen LogP contribution in [0, 0.1) is 24.5 Å². The molecule has 196 valence electrons. The molecule has 0 unspecified atom stereocenters. The second-order valence-electron chi connectivity index (χ2n) is 10.4. The smallest absolute Gasteiger partial charge is 0.244 e. The van der Waals surface area contributed by atoms with Gasteiger partial charge >= 0.3 is 0 Å². The summed E-state index contributed by atoms with van der Waals surface area (Å²) in [5.41, 5.74) is 4.51. The topological polar surface area (TPSA) is 68.1 Å². The number of hydrogen-bond donors (Lipinski definition) is 0. The molecular weight excluding hydrogens is 518 g/mol. The van der Waals surface area contributed by atoms with E-state index < -0.39 is 21.3 Å². The molecule has 7 rings (SSSR count). The van der Waals surface area contributed by atoms with Gasteiger partial charge in [-0.05, 0) is 72.0 Å². The molecular formula is C30H24F2N4O2S. The molecule has 2 fully saturated rings. The number of aromatic nitrogens is 3. The summed E-state index contributed by atoms with van der Waals surface area (Å²) in [5, 5.41) is 5.48. The largest absolute Gasteiger partial charge is 0.260 e. The Morgan fingerprint density at radius 2 is 1.69 bits per heavy atom. The number of aryl methyl sites for hydroxylation is 1. The summed E-state index contributed by atoms with van der Waals surface area (Å²) >= 11 is 0. The highest BCUT2D eigenvalue weighted by molar-refractivity contribution is 7.89. The van der Waals surface area contributed by atoms with Gasteiger partial charge in [0.05, 0.1) is 23.6 Å². The molecule has 2 aliphatic rings. The van der Waals surface area contributed by atoms with Crippen LogP contribution in [-0.2, 0) is 15.4 Å². The minimum atomic E-state index is -3.92. The molecule has 1 saturated carbocycles. The summed E-state index contributed by atoms with van der Waals surface area (Å²) in [6.45, 7) is 2.66. The van der Waals surface area contributed by atoms with E-state index in [2.05, 4.69) is 34.3 Å². The second kappa shape index (κ2) is 8.53. The number of rotatable bonds is 5. The van der Waals surface area contributed by atoms with Crippen LogP contribution in [0.15, 0.2) is 96.3 Å². The summed E-state index contributed by atoms with van der Waals surface area (Å²) in [6.07, 6.45) is 3.98. The first-order valence-corrected chi connectivity index (χ1v) is 14.1. The Morgan fingerprint density at radius 1 is 0.923 bits per heavy atom. The lowest BCUT2D eigenvalue weighted by Gasteiger charge is -2.25. The molecule has 0 N–H and O–H groups in total. The summed E-state index contributed by atoms with van der Waals surface area (Å²) < 4.78 is 57.7. The fourth-order valence-electron chi connectivity index (χ4n) is 6.55. The molecule has 3 atom stereocenters. The van der Waals surface area contributed by atoms with Crippen molar-refractivity contribution in [3.05, 3.63) is 120 Å². The predicted octanol–water partition coefficient (Wildman–Crippen LogP) is 5.36. The van der Waals surface area contributed by atoms with E-state index in [1.165, 1.54) is 28.2 Å². The highest BCUT2D eigenvalue weighted by Gasteiger charge is 2.71. The molecule has 0 bridgehead atoms. The van der Waals surface area contributed by atoms with Crippen molar-refractivity contribution in [3.63, 3.8) is 0 Å². The monoisotopic (exact) mass is 542 g/mol. The molecule has 1 aliphatic heterocycles. The summed E-state index contributed by atoms with van der Waals surface area (Å²) in [7, 11) is -3.92. The van der Waals surface area contributed by atoms with Crippen molar-refractivity contribution < 1.29 is 17.2 Å². The van der Waals surface area contributed by atoms with Crippen LogP contribution in [0.5, 0.6) is 0 Å². The van der Waals surface area contributed by atoms with Crippen molar-refractivity contribution in [2.24, 2.45) is 5.92 Å². The minimum absolute atomic E-state index is 0.0690. The van der Waals surface area contributed by atoms with E-state index in [0.717, 1.165) is 40.0 Å². The van der Waals surface area contributed by atoms with Crippen LogP contribution in [-0.4, -0.2) is 40.6 Å². The first-order chi connectivity index (χ1) is 18.8. The average molecular weight is 543 g/mol. The number of sulfonamides is 1. The zero-order valence-electron chi connectivity index (χ0n) is 21.0. The van der Waals surface area contributed by atoms with E-state index in [0.29, 0.717) is 6.54 Å². The zero-order chi connectivity index (χ0) is 26.9. The van der Waals surface area contributed by atoms with Crippen LogP contribution >= 0.6 is 0 Å². The third kappa shape index (κ3) is 3.64. The number of benzene rings is 3. The van der Waals surface area contributed by atoms with Crippen LogP contribution < -0.4 is 0 Å². The van der Waals surface area contributed by atoms with Crippen LogP contribution in [0.4, 0.5) is 8.78 Å². The Kier molecular flexibility index (Phi) is 5.27. The van der Waals surface area contributed by atoms with Crippen molar-refractivity contribution in [1.29, 1.82) is 0 Å². The molecule has 3 heterocycles. The van der Waals surface area contributed by atoms with Gasteiger partial charge in [0.2, 0.25) is 10.0 Å². The third-order valence-corrected chi connectivity index (χ3v) is 10.1. The molecule has 0 amide bonds. The molecule has 1 aliphatic carbocycles. The van der Waals surface area contributed by atoms with Gasteiger partial charge < -0.3 is 0 Å². The van der Waals surface area contributed by atoms with Gasteiger partial charge in [-0.25, -0.2) is 21.9 Å². The molecule has 0 spiro atoms. The fourth-order valence-corrected chi connectivity index (χ4v) is 8.05. The van der Waals surface area contributed by atoms with E-state index >= 15 is 0 Å². The van der Waals surface area contributed by atoms with E-state index in [1.807, 2.05) is 25.1 Å². The van der Waals surface area contributed by atoms with Gasteiger partial charge in [0.1, 0.15) is 16.5 Å². The molecule has 6 nitrogen and oxygen atoms in total. The lowest BCUT2D eigenvalue weighted by Crippen LogP contribution is -2.34. The van der Waals surface area contributed by atoms with Gasteiger partial charge in [-0.3, -0.25) is 4.98 Å².